The van der Waals surface area contributed by atoms with E-state index in [4.69, 9.17) is 4.74 Å². The fraction of sp³-hybridized carbons (Fsp3) is 0.821. The molecule has 0 aliphatic rings. The third-order valence-corrected chi connectivity index (χ3v) is 12.1. The van der Waals surface area contributed by atoms with Gasteiger partial charge in [-0.15, -0.1) is 0 Å². The number of amides is 1. The van der Waals surface area contributed by atoms with E-state index in [0.29, 0.717) is 19.4 Å². The first-order chi connectivity index (χ1) is 30.5. The van der Waals surface area contributed by atoms with E-state index in [1.165, 1.54) is 180 Å². The van der Waals surface area contributed by atoms with Crippen LogP contribution in [-0.4, -0.2) is 47.4 Å². The van der Waals surface area contributed by atoms with E-state index in [0.717, 1.165) is 64.2 Å². The summed E-state index contributed by atoms with van der Waals surface area (Å²) in [6, 6.07) is -0.636. The lowest BCUT2D eigenvalue weighted by Crippen LogP contribution is -2.45. The Balaban J connectivity index is 3.47. The average molecular weight is 870 g/mol. The Morgan fingerprint density at radius 1 is 0.452 bits per heavy atom. The minimum absolute atomic E-state index is 0.0115. The Morgan fingerprint density at radius 2 is 0.806 bits per heavy atom. The van der Waals surface area contributed by atoms with Gasteiger partial charge in [0.2, 0.25) is 5.91 Å². The van der Waals surface area contributed by atoms with Crippen molar-refractivity contribution in [3.63, 3.8) is 0 Å². The molecule has 3 N–H and O–H groups in total. The Morgan fingerprint density at radius 3 is 1.27 bits per heavy atom. The van der Waals surface area contributed by atoms with Crippen LogP contribution in [-0.2, 0) is 14.3 Å². The number of allylic oxidation sites excluding steroid dienone is 7. The van der Waals surface area contributed by atoms with Crippen molar-refractivity contribution in [2.24, 2.45) is 0 Å². The topological polar surface area (TPSA) is 95.9 Å². The van der Waals surface area contributed by atoms with E-state index >= 15 is 0 Å². The number of ether oxygens (including phenoxy) is 1. The summed E-state index contributed by atoms with van der Waals surface area (Å²) in [6.45, 7) is 4.83. The molecule has 0 heterocycles. The minimum atomic E-state index is -0.852. The van der Waals surface area contributed by atoms with Gasteiger partial charge in [-0.1, -0.05) is 217 Å². The zero-order valence-electron chi connectivity index (χ0n) is 41.1. The highest BCUT2D eigenvalue weighted by molar-refractivity contribution is 5.76. The second-order valence-corrected chi connectivity index (χ2v) is 18.2. The van der Waals surface area contributed by atoms with E-state index < -0.39 is 12.1 Å². The van der Waals surface area contributed by atoms with Crippen molar-refractivity contribution in [3.05, 3.63) is 48.6 Å². The van der Waals surface area contributed by atoms with E-state index in [-0.39, 0.29) is 18.5 Å². The first-order valence-corrected chi connectivity index (χ1v) is 26.9. The number of rotatable bonds is 49. The smallest absolute Gasteiger partial charge is 0.305 e. The molecule has 0 aromatic heterocycles. The fourth-order valence-corrected chi connectivity index (χ4v) is 7.89. The van der Waals surface area contributed by atoms with E-state index in [2.05, 4.69) is 55.6 Å². The first-order valence-electron chi connectivity index (χ1n) is 26.9. The zero-order chi connectivity index (χ0) is 45.1. The maximum atomic E-state index is 12.4. The van der Waals surface area contributed by atoms with Gasteiger partial charge in [0.15, 0.2) is 0 Å². The number of carbonyl (C=O) groups is 2. The quantitative estimate of drug-likeness (QED) is 0.0322. The van der Waals surface area contributed by atoms with Gasteiger partial charge in [0.05, 0.1) is 25.4 Å². The predicted molar refractivity (Wildman–Crippen MR) is 269 cm³/mol. The molecule has 0 fully saturated rings. The molecule has 1 amide bonds. The van der Waals surface area contributed by atoms with Crippen LogP contribution in [0.1, 0.15) is 271 Å². The van der Waals surface area contributed by atoms with Crippen molar-refractivity contribution < 1.29 is 24.5 Å². The van der Waals surface area contributed by atoms with Gasteiger partial charge >= 0.3 is 5.97 Å². The highest BCUT2D eigenvalue weighted by atomic mass is 16.5. The van der Waals surface area contributed by atoms with Crippen LogP contribution in [0.15, 0.2) is 48.6 Å². The largest absolute Gasteiger partial charge is 0.466 e. The molecule has 0 saturated heterocycles. The third kappa shape index (κ3) is 47.3. The third-order valence-electron chi connectivity index (χ3n) is 12.1. The summed E-state index contributed by atoms with van der Waals surface area (Å²) < 4.78 is 5.47. The molecule has 2 atom stereocenters. The summed E-state index contributed by atoms with van der Waals surface area (Å²) in [7, 11) is 0. The lowest BCUT2D eigenvalue weighted by Gasteiger charge is -2.20. The maximum Gasteiger partial charge on any atom is 0.305 e. The SMILES string of the molecule is CCCCC/C=C\C/C=C\CCCCCCCCCC(=O)OCCCCCCCC/C=C\CCCCCCCCCC(=O)NC(CO)C(O)/C=C/CCCCCCCCCCC. The molecule has 0 aliphatic carbocycles. The summed E-state index contributed by atoms with van der Waals surface area (Å²) in [4.78, 5) is 24.4. The number of unbranched alkanes of at least 4 members (excludes halogenated alkanes) is 32. The molecule has 6 nitrogen and oxygen atoms in total. The minimum Gasteiger partial charge on any atom is -0.466 e. The van der Waals surface area contributed by atoms with Gasteiger partial charge in [0.25, 0.3) is 0 Å². The average Bonchev–Trinajstić information content (AvgIpc) is 3.27. The summed E-state index contributed by atoms with van der Waals surface area (Å²) in [5.41, 5.74) is 0. The van der Waals surface area contributed by atoms with Crippen molar-refractivity contribution in [2.75, 3.05) is 13.2 Å². The molecular formula is C56H103NO5. The number of aliphatic hydroxyl groups excluding tert-OH is 2. The fourth-order valence-electron chi connectivity index (χ4n) is 7.89. The van der Waals surface area contributed by atoms with Crippen molar-refractivity contribution in [3.8, 4) is 0 Å². The molecule has 2 unspecified atom stereocenters. The molecule has 0 spiro atoms. The summed E-state index contributed by atoms with van der Waals surface area (Å²) >= 11 is 0. The molecular weight excluding hydrogens is 767 g/mol. The van der Waals surface area contributed by atoms with Crippen LogP contribution in [0.25, 0.3) is 0 Å². The van der Waals surface area contributed by atoms with Crippen molar-refractivity contribution >= 4 is 11.9 Å². The van der Waals surface area contributed by atoms with Crippen LogP contribution in [0.2, 0.25) is 0 Å². The van der Waals surface area contributed by atoms with Gasteiger partial charge in [0, 0.05) is 12.8 Å². The Hall–Kier alpha value is -2.18. The van der Waals surface area contributed by atoms with Gasteiger partial charge in [0.1, 0.15) is 0 Å². The highest BCUT2D eigenvalue weighted by Gasteiger charge is 2.18. The number of aliphatic hydroxyl groups is 2. The predicted octanol–water partition coefficient (Wildman–Crippen LogP) is 16.2. The van der Waals surface area contributed by atoms with Gasteiger partial charge in [-0.25, -0.2) is 0 Å². The van der Waals surface area contributed by atoms with Crippen LogP contribution in [0, 0.1) is 0 Å². The molecule has 0 bridgehead atoms. The number of hydrogen-bond donors (Lipinski definition) is 3. The van der Waals surface area contributed by atoms with Gasteiger partial charge < -0.3 is 20.3 Å². The Kier molecular flexibility index (Phi) is 49.6. The number of hydrogen-bond acceptors (Lipinski definition) is 5. The van der Waals surface area contributed by atoms with Crippen molar-refractivity contribution in [1.82, 2.24) is 5.32 Å². The normalized spacial score (nSPS) is 13.0. The number of nitrogens with one attached hydrogen (secondary N) is 1. The van der Waals surface area contributed by atoms with Crippen molar-refractivity contribution in [1.29, 1.82) is 0 Å². The van der Waals surface area contributed by atoms with Crippen LogP contribution < -0.4 is 5.32 Å². The second kappa shape index (κ2) is 51.5. The van der Waals surface area contributed by atoms with Gasteiger partial charge in [-0.2, -0.15) is 0 Å². The van der Waals surface area contributed by atoms with E-state index in [1.807, 2.05) is 6.08 Å². The summed E-state index contributed by atoms with van der Waals surface area (Å²) in [5, 5.41) is 23.0. The van der Waals surface area contributed by atoms with Gasteiger partial charge in [-0.3, -0.25) is 9.59 Å². The van der Waals surface area contributed by atoms with Crippen LogP contribution in [0.4, 0.5) is 0 Å². The Bertz CT molecular complexity index is 1050. The first kappa shape index (κ1) is 59.8. The molecule has 362 valence electrons. The standard InChI is InChI=1S/C56H103NO5/c1-3-5-7-9-11-13-15-16-17-19-23-26-30-34-38-42-46-50-56(61)62-51-47-43-39-35-31-27-24-21-18-20-22-25-29-33-37-41-45-49-55(60)57-53(52-58)54(59)48-44-40-36-32-28-14-12-10-8-6-4-2/h11,13,16-18,21,44,48,53-54,58-59H,3-10,12,14-15,19-20,22-43,45-47,49-52H2,1-2H3,(H,57,60)/b13-11-,17-16-,21-18-,48-44+. The monoisotopic (exact) mass is 870 g/mol. The molecule has 0 aromatic carbocycles. The molecule has 0 aliphatic heterocycles. The molecule has 0 aromatic rings. The second-order valence-electron chi connectivity index (χ2n) is 18.2. The van der Waals surface area contributed by atoms with E-state index in [9.17, 15) is 19.8 Å². The summed E-state index contributed by atoms with van der Waals surface area (Å²) in [6.07, 6.45) is 64.0. The Labute approximate surface area is 385 Å². The highest BCUT2D eigenvalue weighted by Crippen LogP contribution is 2.15. The molecule has 6 heteroatoms. The maximum absolute atomic E-state index is 12.4. The van der Waals surface area contributed by atoms with E-state index in [1.54, 1.807) is 6.08 Å². The van der Waals surface area contributed by atoms with Crippen LogP contribution in [0.5, 0.6) is 0 Å². The lowest BCUT2D eigenvalue weighted by molar-refractivity contribution is -0.143. The molecule has 0 radical (unpaired) electrons. The van der Waals surface area contributed by atoms with Crippen molar-refractivity contribution in [2.45, 2.75) is 283 Å². The van der Waals surface area contributed by atoms with Crippen LogP contribution >= 0.6 is 0 Å². The van der Waals surface area contributed by atoms with Crippen LogP contribution in [0.3, 0.4) is 0 Å². The molecule has 62 heavy (non-hydrogen) atoms. The zero-order valence-corrected chi connectivity index (χ0v) is 41.1. The number of esters is 1. The lowest BCUT2D eigenvalue weighted by atomic mass is 10.1. The summed E-state index contributed by atoms with van der Waals surface area (Å²) in [5.74, 6) is -0.0942. The molecule has 0 saturated carbocycles. The molecule has 0 rings (SSSR count). The number of carbonyl (C=O) groups excluding carboxylic acids is 2. The van der Waals surface area contributed by atoms with Gasteiger partial charge in [-0.05, 0) is 89.9 Å².